The number of nitrogens with zero attached hydrogens (tertiary/aromatic N) is 1. The number of benzene rings is 1. The number of anilines is 1. The van der Waals surface area contributed by atoms with Crippen LogP contribution in [0.4, 0.5) is 5.00 Å². The molecule has 0 aliphatic heterocycles. The van der Waals surface area contributed by atoms with Gasteiger partial charge in [-0.1, -0.05) is 32.9 Å². The Balaban J connectivity index is 1.59. The van der Waals surface area contributed by atoms with Crippen LogP contribution in [-0.2, 0) is 20.9 Å². The normalized spacial score (nSPS) is 13.4. The van der Waals surface area contributed by atoms with E-state index >= 15 is 0 Å². The van der Waals surface area contributed by atoms with Crippen molar-refractivity contribution < 1.29 is 23.9 Å². The zero-order chi connectivity index (χ0) is 23.5. The number of rotatable bonds is 8. The van der Waals surface area contributed by atoms with E-state index in [-0.39, 0.29) is 24.5 Å². The number of thiophene rings is 1. The first-order valence-electron chi connectivity index (χ1n) is 10.6. The van der Waals surface area contributed by atoms with Crippen LogP contribution in [0.15, 0.2) is 30.3 Å². The molecule has 1 aliphatic carbocycles. The summed E-state index contributed by atoms with van der Waals surface area (Å²) in [6, 6.07) is 9.51. The van der Waals surface area contributed by atoms with E-state index in [9.17, 15) is 14.4 Å². The smallest absolute Gasteiger partial charge is 0.349 e. The number of nitrogens with one attached hydrogen (secondary N) is 1. The average Bonchev–Trinajstić information content (AvgIpc) is 3.52. The molecule has 8 heteroatoms. The number of amides is 2. The van der Waals surface area contributed by atoms with Gasteiger partial charge in [-0.15, -0.1) is 11.3 Å². The van der Waals surface area contributed by atoms with Crippen LogP contribution in [0.25, 0.3) is 0 Å². The van der Waals surface area contributed by atoms with Gasteiger partial charge in [0.1, 0.15) is 10.6 Å². The van der Waals surface area contributed by atoms with Crippen LogP contribution in [0.2, 0.25) is 0 Å². The van der Waals surface area contributed by atoms with Gasteiger partial charge in [0, 0.05) is 18.0 Å². The summed E-state index contributed by atoms with van der Waals surface area (Å²) in [4.78, 5) is 39.7. The quantitative estimate of drug-likeness (QED) is 0.593. The number of carbonyl (C=O) groups is 3. The minimum atomic E-state index is -0.558. The van der Waals surface area contributed by atoms with Crippen molar-refractivity contribution in [2.45, 2.75) is 53.1 Å². The molecule has 3 rings (SSSR count). The van der Waals surface area contributed by atoms with Crippen molar-refractivity contribution in [3.63, 3.8) is 0 Å². The lowest BCUT2D eigenvalue weighted by Crippen LogP contribution is -2.36. The minimum Gasteiger partial charge on any atom is -0.497 e. The van der Waals surface area contributed by atoms with Crippen LogP contribution in [0.1, 0.15) is 54.4 Å². The Morgan fingerprint density at radius 2 is 1.81 bits per heavy atom. The third kappa shape index (κ3) is 6.09. The molecule has 1 saturated carbocycles. The second kappa shape index (κ2) is 9.73. The van der Waals surface area contributed by atoms with Gasteiger partial charge in [0.05, 0.1) is 12.1 Å². The minimum absolute atomic E-state index is 0.132. The summed E-state index contributed by atoms with van der Waals surface area (Å²) in [5.74, 6) is -0.145. The summed E-state index contributed by atoms with van der Waals surface area (Å²) in [5, 5.41) is 3.41. The Morgan fingerprint density at radius 3 is 2.38 bits per heavy atom. The van der Waals surface area contributed by atoms with Gasteiger partial charge < -0.3 is 19.7 Å². The molecule has 1 heterocycles. The molecule has 172 valence electrons. The van der Waals surface area contributed by atoms with E-state index in [0.29, 0.717) is 22.0 Å². The lowest BCUT2D eigenvalue weighted by atomic mass is 9.96. The first-order valence-corrected chi connectivity index (χ1v) is 11.4. The first-order chi connectivity index (χ1) is 15.1. The van der Waals surface area contributed by atoms with Crippen LogP contribution in [0, 0.1) is 12.3 Å². The predicted octanol–water partition coefficient (Wildman–Crippen LogP) is 4.40. The highest BCUT2D eigenvalue weighted by atomic mass is 32.1. The van der Waals surface area contributed by atoms with Crippen molar-refractivity contribution in [3.05, 3.63) is 46.3 Å². The van der Waals surface area contributed by atoms with Crippen LogP contribution in [0.5, 0.6) is 5.75 Å². The van der Waals surface area contributed by atoms with Crippen LogP contribution >= 0.6 is 11.3 Å². The molecule has 1 fully saturated rings. The number of hydrogen-bond donors (Lipinski definition) is 1. The van der Waals surface area contributed by atoms with E-state index in [4.69, 9.17) is 9.47 Å². The van der Waals surface area contributed by atoms with E-state index in [1.54, 1.807) is 25.0 Å². The summed E-state index contributed by atoms with van der Waals surface area (Å²) in [7, 11) is 1.61. The fraction of sp³-hybridized carbons (Fsp3) is 0.458. The number of carbonyl (C=O) groups excluding carboxylic acids is 3. The van der Waals surface area contributed by atoms with Gasteiger partial charge >= 0.3 is 5.97 Å². The zero-order valence-electron chi connectivity index (χ0n) is 19.2. The second-order valence-corrected chi connectivity index (χ2v) is 10.1. The highest BCUT2D eigenvalue weighted by Gasteiger charge is 2.33. The molecule has 1 aromatic heterocycles. The lowest BCUT2D eigenvalue weighted by Gasteiger charge is -2.22. The van der Waals surface area contributed by atoms with Crippen molar-refractivity contribution >= 4 is 34.1 Å². The topological polar surface area (TPSA) is 84.9 Å². The summed E-state index contributed by atoms with van der Waals surface area (Å²) < 4.78 is 10.5. The summed E-state index contributed by atoms with van der Waals surface area (Å²) in [6.45, 7) is 7.39. The lowest BCUT2D eigenvalue weighted by molar-refractivity contribution is -0.135. The van der Waals surface area contributed by atoms with Crippen LogP contribution in [-0.4, -0.2) is 42.4 Å². The van der Waals surface area contributed by atoms with E-state index in [1.807, 2.05) is 45.0 Å². The number of aryl methyl sites for hydroxylation is 1. The van der Waals surface area contributed by atoms with Gasteiger partial charge in [-0.25, -0.2) is 4.79 Å². The second-order valence-electron chi connectivity index (χ2n) is 9.00. The van der Waals surface area contributed by atoms with E-state index in [1.165, 1.54) is 0 Å². The van der Waals surface area contributed by atoms with E-state index < -0.39 is 11.4 Å². The molecule has 1 aromatic carbocycles. The molecular formula is C24H30N2O5S. The van der Waals surface area contributed by atoms with Crippen molar-refractivity contribution in [2.24, 2.45) is 5.41 Å². The Kier molecular flexibility index (Phi) is 7.23. The molecule has 0 radical (unpaired) electrons. The maximum Gasteiger partial charge on any atom is 0.349 e. The van der Waals surface area contributed by atoms with Crippen molar-refractivity contribution in [1.82, 2.24) is 4.90 Å². The van der Waals surface area contributed by atoms with Gasteiger partial charge in [-0.05, 0) is 49.1 Å². The zero-order valence-corrected chi connectivity index (χ0v) is 20.0. The highest BCUT2D eigenvalue weighted by Crippen LogP contribution is 2.30. The Hall–Kier alpha value is -2.87. The molecular weight excluding hydrogens is 428 g/mol. The van der Waals surface area contributed by atoms with Crippen molar-refractivity contribution in [3.8, 4) is 5.75 Å². The van der Waals surface area contributed by atoms with Gasteiger partial charge in [0.25, 0.3) is 5.91 Å². The number of methoxy groups -OCH3 is 1. The molecule has 0 spiro atoms. The molecule has 0 bridgehead atoms. The van der Waals surface area contributed by atoms with E-state index in [2.05, 4.69) is 5.32 Å². The fourth-order valence-electron chi connectivity index (χ4n) is 3.06. The largest absolute Gasteiger partial charge is 0.497 e. The number of ether oxygens (including phenoxy) is 2. The fourth-order valence-corrected chi connectivity index (χ4v) is 4.02. The summed E-state index contributed by atoms with van der Waals surface area (Å²) in [5.41, 5.74) is 1.15. The van der Waals surface area contributed by atoms with E-state index in [0.717, 1.165) is 35.5 Å². The molecule has 0 saturated heterocycles. The Labute approximate surface area is 192 Å². The summed E-state index contributed by atoms with van der Waals surface area (Å²) >= 11 is 1.15. The van der Waals surface area contributed by atoms with Crippen molar-refractivity contribution in [2.75, 3.05) is 19.0 Å². The Bertz CT molecular complexity index is 987. The van der Waals surface area contributed by atoms with Gasteiger partial charge in [0.15, 0.2) is 6.61 Å². The van der Waals surface area contributed by atoms with Crippen LogP contribution in [0.3, 0.4) is 0 Å². The molecule has 1 N–H and O–H groups in total. The predicted molar refractivity (Wildman–Crippen MR) is 124 cm³/mol. The molecule has 32 heavy (non-hydrogen) atoms. The summed E-state index contributed by atoms with van der Waals surface area (Å²) in [6.07, 6.45) is 1.91. The number of esters is 1. The Morgan fingerprint density at radius 1 is 1.16 bits per heavy atom. The third-order valence-electron chi connectivity index (χ3n) is 5.17. The average molecular weight is 459 g/mol. The maximum absolute atomic E-state index is 12.8. The molecule has 1 aliphatic rings. The van der Waals surface area contributed by atoms with Gasteiger partial charge in [-0.3, -0.25) is 9.59 Å². The third-order valence-corrected chi connectivity index (χ3v) is 6.30. The van der Waals surface area contributed by atoms with Gasteiger partial charge in [0.2, 0.25) is 5.91 Å². The monoisotopic (exact) mass is 458 g/mol. The first kappa shape index (κ1) is 23.8. The standard InChI is InChI=1S/C24H30N2O5S/c1-15-12-19(25-23(29)24(2,3)4)32-21(15)22(28)31-14-20(27)26(17-8-9-17)13-16-6-10-18(30-5)11-7-16/h6-7,10-12,17H,8-9,13-14H2,1-5H3,(H,25,29). The molecule has 2 amide bonds. The van der Waals surface area contributed by atoms with Gasteiger partial charge in [-0.2, -0.15) is 0 Å². The van der Waals surface area contributed by atoms with Crippen LogP contribution < -0.4 is 10.1 Å². The van der Waals surface area contributed by atoms with Crippen molar-refractivity contribution in [1.29, 1.82) is 0 Å². The highest BCUT2D eigenvalue weighted by molar-refractivity contribution is 7.18. The molecule has 2 aromatic rings. The molecule has 7 nitrogen and oxygen atoms in total. The number of hydrogen-bond acceptors (Lipinski definition) is 6. The molecule has 0 atom stereocenters. The molecule has 0 unspecified atom stereocenters. The maximum atomic E-state index is 12.8. The SMILES string of the molecule is COc1ccc(CN(C(=O)COC(=O)c2sc(NC(=O)C(C)(C)C)cc2C)C2CC2)cc1.